The zero-order chi connectivity index (χ0) is 27.6. The van der Waals surface area contributed by atoms with Gasteiger partial charge in [0, 0.05) is 13.5 Å². The van der Waals surface area contributed by atoms with Gasteiger partial charge in [0.05, 0.1) is 0 Å². The predicted molar refractivity (Wildman–Crippen MR) is 124 cm³/mol. The van der Waals surface area contributed by atoms with Crippen molar-refractivity contribution < 1.29 is 41.8 Å². The van der Waals surface area contributed by atoms with Crippen molar-refractivity contribution >= 4 is 29.7 Å². The second-order valence-electron chi connectivity index (χ2n) is 8.10. The van der Waals surface area contributed by atoms with Gasteiger partial charge in [-0.15, -0.1) is 0 Å². The lowest BCUT2D eigenvalue weighted by atomic mass is 9.97. The fraction of sp³-hybridized carbons (Fsp3) is 0.435. The molecule has 0 radical (unpaired) electrons. The van der Waals surface area contributed by atoms with Gasteiger partial charge in [-0.2, -0.15) is 13.2 Å². The van der Waals surface area contributed by atoms with Crippen LogP contribution in [0.2, 0.25) is 0 Å². The molecule has 1 heterocycles. The van der Waals surface area contributed by atoms with Crippen LogP contribution in [0, 0.1) is 0 Å². The van der Waals surface area contributed by atoms with Gasteiger partial charge in [-0.3, -0.25) is 9.59 Å². The minimum atomic E-state index is -5.44. The van der Waals surface area contributed by atoms with E-state index in [1.807, 2.05) is 30.3 Å². The highest BCUT2D eigenvalue weighted by molar-refractivity contribution is 5.97. The normalized spacial score (nSPS) is 19.0. The fourth-order valence-electron chi connectivity index (χ4n) is 3.49. The first kappa shape index (κ1) is 29.1. The number of nitrogens with two attached hydrogens (primary N) is 2. The third kappa shape index (κ3) is 9.46. The van der Waals surface area contributed by atoms with Crippen molar-refractivity contribution in [2.24, 2.45) is 16.5 Å². The van der Waals surface area contributed by atoms with Crippen LogP contribution in [0.4, 0.5) is 13.2 Å². The number of halogens is 3. The van der Waals surface area contributed by atoms with Crippen molar-refractivity contribution in [2.75, 3.05) is 6.54 Å². The number of unbranched alkanes of at least 4 members (excludes halogenated alkanes) is 2. The average Bonchev–Trinajstić information content (AvgIpc) is 2.81. The minimum Gasteiger partial charge on any atom is -0.471 e. The van der Waals surface area contributed by atoms with E-state index in [2.05, 4.69) is 20.4 Å². The summed E-state index contributed by atoms with van der Waals surface area (Å²) in [6.07, 6.45) is -3.12. The van der Waals surface area contributed by atoms with Gasteiger partial charge in [-0.25, -0.2) is 14.6 Å². The third-order valence-electron chi connectivity index (χ3n) is 5.10. The Morgan fingerprint density at radius 2 is 1.76 bits per heavy atom. The Bertz CT molecular complexity index is 1040. The quantitative estimate of drug-likeness (QED) is 0.112. The molecule has 0 saturated heterocycles. The molecule has 3 atom stereocenters. The summed E-state index contributed by atoms with van der Waals surface area (Å²) in [4.78, 5) is 51.7. The number of aryl methyl sites for hydroxylation is 1. The largest absolute Gasteiger partial charge is 0.491 e. The molecule has 0 fully saturated rings. The van der Waals surface area contributed by atoms with E-state index in [9.17, 15) is 32.3 Å². The van der Waals surface area contributed by atoms with Crippen LogP contribution >= 0.6 is 0 Å². The maximum absolute atomic E-state index is 12.9. The first-order valence-corrected chi connectivity index (χ1v) is 11.3. The Morgan fingerprint density at radius 1 is 1.08 bits per heavy atom. The van der Waals surface area contributed by atoms with Crippen molar-refractivity contribution in [1.29, 1.82) is 0 Å². The summed E-state index contributed by atoms with van der Waals surface area (Å²) in [5.41, 5.74) is 12.0. The van der Waals surface area contributed by atoms with E-state index in [-0.39, 0.29) is 6.54 Å². The molecule has 2 rings (SSSR count). The van der Waals surface area contributed by atoms with Crippen LogP contribution < -0.4 is 22.1 Å². The molecule has 37 heavy (non-hydrogen) atoms. The molecule has 1 aliphatic heterocycles. The van der Waals surface area contributed by atoms with E-state index in [1.165, 1.54) is 5.56 Å². The lowest BCUT2D eigenvalue weighted by Gasteiger charge is -2.34. The average molecular weight is 528 g/mol. The second-order valence-corrected chi connectivity index (χ2v) is 8.10. The molecule has 14 heteroatoms. The summed E-state index contributed by atoms with van der Waals surface area (Å²) in [7, 11) is 0. The van der Waals surface area contributed by atoms with Crippen LogP contribution in [-0.4, -0.2) is 60.6 Å². The van der Waals surface area contributed by atoms with E-state index < -0.39 is 59.8 Å². The molecule has 1 aliphatic rings. The minimum absolute atomic E-state index is 0.212. The first-order chi connectivity index (χ1) is 17.4. The van der Waals surface area contributed by atoms with E-state index in [4.69, 9.17) is 16.2 Å². The van der Waals surface area contributed by atoms with E-state index in [1.54, 1.807) is 0 Å². The molecule has 0 spiro atoms. The molecule has 0 aliphatic carbocycles. The zero-order valence-electron chi connectivity index (χ0n) is 19.9. The summed E-state index contributed by atoms with van der Waals surface area (Å²) in [5, 5.41) is 5.04. The topological polar surface area (TPSA) is 175 Å². The number of ether oxygens (including phenoxy) is 2. The van der Waals surface area contributed by atoms with Crippen LogP contribution in [0.1, 0.15) is 31.7 Å². The number of nitrogens with zero attached hydrogens (tertiary/aromatic N) is 1. The van der Waals surface area contributed by atoms with Crippen molar-refractivity contribution in [3.8, 4) is 0 Å². The fourth-order valence-corrected chi connectivity index (χ4v) is 3.49. The molecular formula is C23H28F3N5O6. The number of carbonyl (C=O) groups excluding carboxylic acids is 4. The zero-order valence-corrected chi connectivity index (χ0v) is 19.9. The van der Waals surface area contributed by atoms with Crippen LogP contribution in [0.3, 0.4) is 0 Å². The molecule has 0 bridgehead atoms. The first-order valence-electron chi connectivity index (χ1n) is 11.3. The van der Waals surface area contributed by atoms with Gasteiger partial charge >= 0.3 is 18.1 Å². The SMILES string of the molecule is CC(=O)N[C@@H]1[C@@H](N=C(N)N)C=C(C(=O)OC(=O)C(F)(F)F)O[C@H]1C(=O)NCCCCCc1ccccc1. The molecule has 0 saturated carbocycles. The lowest BCUT2D eigenvalue weighted by molar-refractivity contribution is -0.201. The predicted octanol–water partition coefficient (Wildman–Crippen LogP) is 0.577. The molecule has 2 amide bonds. The number of aliphatic imine (C=N–C) groups is 1. The summed E-state index contributed by atoms with van der Waals surface area (Å²) in [5.74, 6) is -7.39. The lowest BCUT2D eigenvalue weighted by Crippen LogP contribution is -2.58. The van der Waals surface area contributed by atoms with Gasteiger partial charge in [-0.05, 0) is 30.9 Å². The highest BCUT2D eigenvalue weighted by atomic mass is 19.4. The summed E-state index contributed by atoms with van der Waals surface area (Å²) in [6.45, 7) is 1.35. The molecular weight excluding hydrogens is 499 g/mol. The van der Waals surface area contributed by atoms with Crippen molar-refractivity contribution in [1.82, 2.24) is 10.6 Å². The number of alkyl halides is 3. The number of rotatable bonds is 10. The molecule has 1 aromatic carbocycles. The van der Waals surface area contributed by atoms with Crippen LogP contribution in [-0.2, 0) is 35.1 Å². The van der Waals surface area contributed by atoms with E-state index in [0.29, 0.717) is 6.42 Å². The van der Waals surface area contributed by atoms with Crippen molar-refractivity contribution in [3.05, 3.63) is 47.7 Å². The van der Waals surface area contributed by atoms with Gasteiger partial charge in [-0.1, -0.05) is 36.8 Å². The highest BCUT2D eigenvalue weighted by Gasteiger charge is 2.46. The highest BCUT2D eigenvalue weighted by Crippen LogP contribution is 2.24. The molecule has 6 N–H and O–H groups in total. The number of nitrogens with one attached hydrogen (secondary N) is 2. The van der Waals surface area contributed by atoms with Crippen molar-refractivity contribution in [3.63, 3.8) is 0 Å². The smallest absolute Gasteiger partial charge is 0.471 e. The molecule has 0 unspecified atom stereocenters. The van der Waals surface area contributed by atoms with Crippen LogP contribution in [0.15, 0.2) is 47.2 Å². The van der Waals surface area contributed by atoms with Gasteiger partial charge < -0.3 is 31.6 Å². The van der Waals surface area contributed by atoms with Gasteiger partial charge in [0.2, 0.25) is 11.7 Å². The maximum Gasteiger partial charge on any atom is 0.491 e. The summed E-state index contributed by atoms with van der Waals surface area (Å²) >= 11 is 0. The summed E-state index contributed by atoms with van der Waals surface area (Å²) < 4.78 is 46.6. The Balaban J connectivity index is 2.09. The molecule has 202 valence electrons. The molecule has 1 aromatic rings. The Kier molecular flexibility index (Phi) is 10.5. The number of hydrogen-bond acceptors (Lipinski definition) is 7. The standard InChI is InChI=1S/C23H28F3N5O6/c1-13(32)30-17-15(31-22(27)28)12-16(20(34)37-21(35)23(24,25)26)36-18(17)19(33)29-11-7-3-6-10-14-8-4-2-5-9-14/h2,4-5,8-9,12,15,17-18H,3,6-7,10-11H2,1H3,(H,29,33)(H,30,32)(H4,27,28,31)/t15-,17+,18+/m0/s1. The Morgan fingerprint density at radius 3 is 2.35 bits per heavy atom. The maximum atomic E-state index is 12.9. The second kappa shape index (κ2) is 13.3. The summed E-state index contributed by atoms with van der Waals surface area (Å²) in [6, 6.07) is 7.30. The number of carbonyl (C=O) groups is 4. The number of guanidine groups is 1. The number of amides is 2. The van der Waals surface area contributed by atoms with Crippen molar-refractivity contribution in [2.45, 2.75) is 57.0 Å². The Hall–Kier alpha value is -4.10. The van der Waals surface area contributed by atoms with Crippen LogP contribution in [0.5, 0.6) is 0 Å². The van der Waals surface area contributed by atoms with Gasteiger partial charge in [0.15, 0.2) is 12.1 Å². The molecule has 0 aromatic heterocycles. The Labute approximate surface area is 210 Å². The number of hydrogen-bond donors (Lipinski definition) is 4. The monoisotopic (exact) mass is 527 g/mol. The van der Waals surface area contributed by atoms with E-state index in [0.717, 1.165) is 32.3 Å². The van der Waals surface area contributed by atoms with Gasteiger partial charge in [0.1, 0.15) is 12.1 Å². The van der Waals surface area contributed by atoms with Gasteiger partial charge in [0.25, 0.3) is 5.91 Å². The number of benzene rings is 1. The molecule has 11 nitrogen and oxygen atoms in total. The van der Waals surface area contributed by atoms with E-state index >= 15 is 0 Å². The van der Waals surface area contributed by atoms with Crippen LogP contribution in [0.25, 0.3) is 0 Å². The third-order valence-corrected chi connectivity index (χ3v) is 5.10. The number of esters is 2.